The molecule has 1 saturated heterocycles. The van der Waals surface area contributed by atoms with Gasteiger partial charge in [-0.3, -0.25) is 4.90 Å². The van der Waals surface area contributed by atoms with E-state index in [1.807, 2.05) is 0 Å². The van der Waals surface area contributed by atoms with Gasteiger partial charge in [0.05, 0.1) is 0 Å². The molecule has 0 amide bonds. The summed E-state index contributed by atoms with van der Waals surface area (Å²) in [4.78, 5) is 2.58. The fourth-order valence-electron chi connectivity index (χ4n) is 1.82. The van der Waals surface area contributed by atoms with E-state index in [1.54, 1.807) is 0 Å². The average molecular weight is 216 g/mol. The van der Waals surface area contributed by atoms with Crippen LogP contribution in [0.25, 0.3) is 0 Å². The number of nitrogens with one attached hydrogen (secondary N) is 1. The van der Waals surface area contributed by atoms with E-state index in [0.717, 1.165) is 6.54 Å². The van der Waals surface area contributed by atoms with Gasteiger partial charge in [0.15, 0.2) is 0 Å². The molecule has 1 fully saturated rings. The molecule has 0 radical (unpaired) electrons. The fraction of sp³-hybridized carbons (Fsp3) is 1.00. The molecule has 84 valence electrons. The van der Waals surface area contributed by atoms with E-state index in [0.29, 0.717) is 10.8 Å². The Morgan fingerprint density at radius 1 is 1.43 bits per heavy atom. The van der Waals surface area contributed by atoms with Crippen LogP contribution in [0.4, 0.5) is 0 Å². The summed E-state index contributed by atoms with van der Waals surface area (Å²) in [5.74, 6) is 1.29. The zero-order valence-corrected chi connectivity index (χ0v) is 10.8. The van der Waals surface area contributed by atoms with Crippen LogP contribution in [-0.2, 0) is 0 Å². The highest BCUT2D eigenvalue weighted by molar-refractivity contribution is 8.00. The van der Waals surface area contributed by atoms with Gasteiger partial charge in [-0.05, 0) is 13.8 Å². The van der Waals surface area contributed by atoms with Crippen molar-refractivity contribution in [2.24, 2.45) is 0 Å². The van der Waals surface area contributed by atoms with Gasteiger partial charge in [-0.25, -0.2) is 0 Å². The standard InChI is InChI=1S/C11H24N2S/c1-10(2)12-5-6-13-7-8-14-11(3,4)9-13/h10,12H,5-9H2,1-4H3. The lowest BCUT2D eigenvalue weighted by Crippen LogP contribution is -2.46. The van der Waals surface area contributed by atoms with Crippen LogP contribution in [0.1, 0.15) is 27.7 Å². The summed E-state index contributed by atoms with van der Waals surface area (Å²) in [5, 5.41) is 3.47. The molecule has 0 unspecified atom stereocenters. The molecule has 0 saturated carbocycles. The molecule has 1 heterocycles. The summed E-state index contributed by atoms with van der Waals surface area (Å²) >= 11 is 2.10. The Bertz CT molecular complexity index is 169. The van der Waals surface area contributed by atoms with Crippen molar-refractivity contribution in [1.82, 2.24) is 10.2 Å². The van der Waals surface area contributed by atoms with Crippen molar-refractivity contribution in [3.05, 3.63) is 0 Å². The SMILES string of the molecule is CC(C)NCCN1CCSC(C)(C)C1. The first-order valence-corrected chi connectivity index (χ1v) is 6.58. The Hall–Kier alpha value is 0.270. The molecule has 1 N–H and O–H groups in total. The van der Waals surface area contributed by atoms with Gasteiger partial charge in [-0.1, -0.05) is 13.8 Å². The molecule has 2 nitrogen and oxygen atoms in total. The summed E-state index contributed by atoms with van der Waals surface area (Å²) in [7, 11) is 0. The number of hydrogen-bond acceptors (Lipinski definition) is 3. The average Bonchev–Trinajstić information content (AvgIpc) is 2.01. The zero-order valence-electron chi connectivity index (χ0n) is 9.97. The van der Waals surface area contributed by atoms with Gasteiger partial charge in [0.1, 0.15) is 0 Å². The Labute approximate surface area is 92.8 Å². The van der Waals surface area contributed by atoms with Crippen LogP contribution in [0, 0.1) is 0 Å². The van der Waals surface area contributed by atoms with Crippen molar-refractivity contribution < 1.29 is 0 Å². The van der Waals surface area contributed by atoms with Gasteiger partial charge in [0.2, 0.25) is 0 Å². The van der Waals surface area contributed by atoms with E-state index < -0.39 is 0 Å². The second-order valence-corrected chi connectivity index (χ2v) is 6.80. The molecular weight excluding hydrogens is 192 g/mol. The van der Waals surface area contributed by atoms with Crippen LogP contribution in [0.3, 0.4) is 0 Å². The minimum atomic E-state index is 0.454. The molecule has 0 bridgehead atoms. The van der Waals surface area contributed by atoms with Gasteiger partial charge in [-0.15, -0.1) is 0 Å². The molecule has 1 aliphatic rings. The van der Waals surface area contributed by atoms with Crippen molar-refractivity contribution in [2.75, 3.05) is 31.9 Å². The largest absolute Gasteiger partial charge is 0.313 e. The normalized spacial score (nSPS) is 22.9. The maximum absolute atomic E-state index is 3.47. The molecule has 14 heavy (non-hydrogen) atoms. The summed E-state index contributed by atoms with van der Waals surface area (Å²) in [5.41, 5.74) is 0. The molecule has 0 spiro atoms. The van der Waals surface area contributed by atoms with Crippen molar-refractivity contribution in [1.29, 1.82) is 0 Å². The summed E-state index contributed by atoms with van der Waals surface area (Å²) < 4.78 is 0.454. The van der Waals surface area contributed by atoms with Gasteiger partial charge in [-0.2, -0.15) is 11.8 Å². The van der Waals surface area contributed by atoms with E-state index in [1.165, 1.54) is 25.4 Å². The summed E-state index contributed by atoms with van der Waals surface area (Å²) in [6.45, 7) is 13.9. The smallest absolute Gasteiger partial charge is 0.0231 e. The van der Waals surface area contributed by atoms with E-state index in [-0.39, 0.29) is 0 Å². The van der Waals surface area contributed by atoms with E-state index in [9.17, 15) is 0 Å². The van der Waals surface area contributed by atoms with Gasteiger partial charge < -0.3 is 5.32 Å². The van der Waals surface area contributed by atoms with Crippen molar-refractivity contribution in [2.45, 2.75) is 38.5 Å². The molecule has 3 heteroatoms. The quantitative estimate of drug-likeness (QED) is 0.771. The van der Waals surface area contributed by atoms with Crippen LogP contribution < -0.4 is 5.32 Å². The van der Waals surface area contributed by atoms with Crippen LogP contribution in [0.15, 0.2) is 0 Å². The maximum Gasteiger partial charge on any atom is 0.0231 e. The lowest BCUT2D eigenvalue weighted by atomic mass is 10.2. The highest BCUT2D eigenvalue weighted by atomic mass is 32.2. The molecular formula is C11H24N2S. The van der Waals surface area contributed by atoms with Gasteiger partial charge >= 0.3 is 0 Å². The van der Waals surface area contributed by atoms with Crippen LogP contribution >= 0.6 is 11.8 Å². The molecule has 1 rings (SSSR count). The van der Waals surface area contributed by atoms with Crippen molar-refractivity contribution in [3.8, 4) is 0 Å². The zero-order chi connectivity index (χ0) is 10.6. The Morgan fingerprint density at radius 2 is 2.14 bits per heavy atom. The maximum atomic E-state index is 3.47. The predicted octanol–water partition coefficient (Wildman–Crippen LogP) is 1.81. The van der Waals surface area contributed by atoms with Crippen molar-refractivity contribution >= 4 is 11.8 Å². The van der Waals surface area contributed by atoms with E-state index in [4.69, 9.17) is 0 Å². The summed E-state index contributed by atoms with van der Waals surface area (Å²) in [6, 6.07) is 0.613. The highest BCUT2D eigenvalue weighted by Crippen LogP contribution is 2.28. The lowest BCUT2D eigenvalue weighted by molar-refractivity contribution is 0.258. The minimum absolute atomic E-state index is 0.454. The minimum Gasteiger partial charge on any atom is -0.313 e. The first kappa shape index (κ1) is 12.3. The number of rotatable bonds is 4. The molecule has 0 aliphatic carbocycles. The third-order valence-corrected chi connectivity index (χ3v) is 3.78. The van der Waals surface area contributed by atoms with Gasteiger partial charge in [0, 0.05) is 42.7 Å². The lowest BCUT2D eigenvalue weighted by Gasteiger charge is -2.37. The first-order chi connectivity index (χ1) is 6.49. The molecule has 0 aromatic carbocycles. The van der Waals surface area contributed by atoms with Gasteiger partial charge in [0.25, 0.3) is 0 Å². The molecule has 1 aliphatic heterocycles. The first-order valence-electron chi connectivity index (χ1n) is 5.59. The molecule has 0 atom stereocenters. The third kappa shape index (κ3) is 4.67. The van der Waals surface area contributed by atoms with Crippen LogP contribution in [0.2, 0.25) is 0 Å². The second-order valence-electron chi connectivity index (χ2n) is 4.99. The number of thioether (sulfide) groups is 1. The monoisotopic (exact) mass is 216 g/mol. The Balaban J connectivity index is 2.18. The molecule has 0 aromatic heterocycles. The van der Waals surface area contributed by atoms with Crippen molar-refractivity contribution in [3.63, 3.8) is 0 Å². The number of nitrogens with zero attached hydrogens (tertiary/aromatic N) is 1. The van der Waals surface area contributed by atoms with E-state index in [2.05, 4.69) is 49.7 Å². The Morgan fingerprint density at radius 3 is 2.71 bits per heavy atom. The highest BCUT2D eigenvalue weighted by Gasteiger charge is 2.26. The van der Waals surface area contributed by atoms with Crippen LogP contribution in [-0.4, -0.2) is 47.6 Å². The van der Waals surface area contributed by atoms with Crippen LogP contribution in [0.5, 0.6) is 0 Å². The summed E-state index contributed by atoms with van der Waals surface area (Å²) in [6.07, 6.45) is 0. The topological polar surface area (TPSA) is 15.3 Å². The Kier molecular flexibility index (Phi) is 4.74. The fourth-order valence-corrected chi connectivity index (χ4v) is 2.99. The third-order valence-electron chi connectivity index (χ3n) is 2.49. The second kappa shape index (κ2) is 5.38. The van der Waals surface area contributed by atoms with E-state index >= 15 is 0 Å². The molecule has 0 aromatic rings. The predicted molar refractivity (Wildman–Crippen MR) is 66.1 cm³/mol. The number of hydrogen-bond donors (Lipinski definition) is 1.